The van der Waals surface area contributed by atoms with E-state index in [0.717, 1.165) is 5.56 Å². The molecule has 0 radical (unpaired) electrons. The van der Waals surface area contributed by atoms with Gasteiger partial charge in [-0.3, -0.25) is 4.79 Å². The van der Waals surface area contributed by atoms with Gasteiger partial charge in [0.05, 0.1) is 0 Å². The Hall–Kier alpha value is -1.42. The number of carbonyl (C=O) groups is 1. The number of carboxylic acids is 1. The van der Waals surface area contributed by atoms with Crippen molar-refractivity contribution >= 4 is 5.97 Å². The van der Waals surface area contributed by atoms with E-state index in [1.807, 2.05) is 0 Å². The second-order valence-corrected chi connectivity index (χ2v) is 3.65. The van der Waals surface area contributed by atoms with Crippen molar-refractivity contribution in [3.8, 4) is 0 Å². The highest BCUT2D eigenvalue weighted by Crippen LogP contribution is 2.49. The molecule has 2 atom stereocenters. The van der Waals surface area contributed by atoms with Gasteiger partial charge in [0.1, 0.15) is 11.4 Å². The van der Waals surface area contributed by atoms with E-state index in [0.29, 0.717) is 6.42 Å². The van der Waals surface area contributed by atoms with Crippen LogP contribution in [0.2, 0.25) is 0 Å². The van der Waals surface area contributed by atoms with Gasteiger partial charge in [-0.25, -0.2) is 4.39 Å². The average Bonchev–Trinajstić information content (AvgIpc) is 2.81. The molecule has 3 N–H and O–H groups in total. The monoisotopic (exact) mass is 195 g/mol. The maximum atomic E-state index is 12.6. The highest BCUT2D eigenvalue weighted by Gasteiger charge is 2.58. The molecule has 0 amide bonds. The van der Waals surface area contributed by atoms with Crippen LogP contribution in [0.5, 0.6) is 0 Å². The van der Waals surface area contributed by atoms with E-state index >= 15 is 0 Å². The minimum absolute atomic E-state index is 0.180. The fourth-order valence-electron chi connectivity index (χ4n) is 1.63. The van der Waals surface area contributed by atoms with Crippen LogP contribution >= 0.6 is 0 Å². The van der Waals surface area contributed by atoms with Crippen molar-refractivity contribution in [2.75, 3.05) is 0 Å². The predicted octanol–water partition coefficient (Wildman–Crippen LogP) is 1.10. The second kappa shape index (κ2) is 2.78. The first-order valence-corrected chi connectivity index (χ1v) is 4.32. The Labute approximate surface area is 80.3 Å². The first kappa shape index (κ1) is 9.15. The number of benzene rings is 1. The summed E-state index contributed by atoms with van der Waals surface area (Å²) in [5.41, 5.74) is 5.26. The molecule has 1 fully saturated rings. The van der Waals surface area contributed by atoms with Crippen LogP contribution in [-0.4, -0.2) is 16.6 Å². The van der Waals surface area contributed by atoms with Gasteiger partial charge >= 0.3 is 5.97 Å². The molecule has 0 aliphatic heterocycles. The molecule has 1 aromatic rings. The van der Waals surface area contributed by atoms with E-state index in [-0.39, 0.29) is 11.7 Å². The summed E-state index contributed by atoms with van der Waals surface area (Å²) < 4.78 is 12.6. The van der Waals surface area contributed by atoms with Crippen LogP contribution in [0.1, 0.15) is 17.9 Å². The van der Waals surface area contributed by atoms with E-state index in [1.54, 1.807) is 12.1 Å². The Morgan fingerprint density at radius 1 is 1.50 bits per heavy atom. The van der Waals surface area contributed by atoms with Gasteiger partial charge in [0, 0.05) is 5.92 Å². The number of nitrogens with two attached hydrogens (primary N) is 1. The summed E-state index contributed by atoms with van der Waals surface area (Å²) >= 11 is 0. The molecule has 1 aliphatic carbocycles. The molecule has 2 rings (SSSR count). The summed E-state index contributed by atoms with van der Waals surface area (Å²) in [6.45, 7) is 0. The molecule has 0 bridgehead atoms. The van der Waals surface area contributed by atoms with Crippen molar-refractivity contribution in [1.82, 2.24) is 0 Å². The smallest absolute Gasteiger partial charge is 0.324 e. The quantitative estimate of drug-likeness (QED) is 0.742. The molecule has 1 saturated carbocycles. The predicted molar refractivity (Wildman–Crippen MR) is 48.3 cm³/mol. The zero-order chi connectivity index (χ0) is 10.3. The molecule has 4 heteroatoms. The van der Waals surface area contributed by atoms with E-state index in [4.69, 9.17) is 10.8 Å². The van der Waals surface area contributed by atoms with Crippen molar-refractivity contribution in [1.29, 1.82) is 0 Å². The normalized spacial score (nSPS) is 30.0. The van der Waals surface area contributed by atoms with Crippen LogP contribution in [0.25, 0.3) is 0 Å². The topological polar surface area (TPSA) is 63.3 Å². The lowest BCUT2D eigenvalue weighted by Crippen LogP contribution is -2.34. The number of hydrogen-bond acceptors (Lipinski definition) is 2. The minimum Gasteiger partial charge on any atom is -0.480 e. The zero-order valence-corrected chi connectivity index (χ0v) is 7.40. The van der Waals surface area contributed by atoms with Gasteiger partial charge in [0.15, 0.2) is 0 Å². The van der Waals surface area contributed by atoms with Crippen LogP contribution in [0.4, 0.5) is 4.39 Å². The van der Waals surface area contributed by atoms with Crippen LogP contribution in [0.3, 0.4) is 0 Å². The Morgan fingerprint density at radius 2 is 2.07 bits per heavy atom. The number of halogens is 1. The van der Waals surface area contributed by atoms with Gasteiger partial charge in [0.2, 0.25) is 0 Å². The lowest BCUT2D eigenvalue weighted by Gasteiger charge is -2.04. The molecule has 14 heavy (non-hydrogen) atoms. The maximum absolute atomic E-state index is 12.6. The Kier molecular flexibility index (Phi) is 1.82. The number of hydrogen-bond donors (Lipinski definition) is 2. The molecular weight excluding hydrogens is 185 g/mol. The van der Waals surface area contributed by atoms with Gasteiger partial charge < -0.3 is 10.8 Å². The number of carboxylic acid groups (broad SMARTS) is 1. The standard InChI is InChI=1S/C10H10FNO2/c11-7-3-1-6(2-4-7)8-5-10(8,12)9(13)14/h1-4,8H,5,12H2,(H,13,14). The molecule has 0 saturated heterocycles. The molecular formula is C10H10FNO2. The van der Waals surface area contributed by atoms with Crippen molar-refractivity contribution in [3.63, 3.8) is 0 Å². The second-order valence-electron chi connectivity index (χ2n) is 3.65. The van der Waals surface area contributed by atoms with Gasteiger partial charge in [0.25, 0.3) is 0 Å². The van der Waals surface area contributed by atoms with Crippen molar-refractivity contribution in [3.05, 3.63) is 35.6 Å². The molecule has 3 nitrogen and oxygen atoms in total. The van der Waals surface area contributed by atoms with Crippen molar-refractivity contribution < 1.29 is 14.3 Å². The van der Waals surface area contributed by atoms with E-state index in [9.17, 15) is 9.18 Å². The lowest BCUT2D eigenvalue weighted by molar-refractivity contribution is -0.139. The number of aliphatic carboxylic acids is 1. The minimum atomic E-state index is -1.14. The Morgan fingerprint density at radius 3 is 2.50 bits per heavy atom. The highest BCUT2D eigenvalue weighted by atomic mass is 19.1. The SMILES string of the molecule is NC1(C(=O)O)CC1c1ccc(F)cc1. The summed E-state index contributed by atoms with van der Waals surface area (Å²) in [5.74, 6) is -1.50. The summed E-state index contributed by atoms with van der Waals surface area (Å²) in [6, 6.07) is 5.79. The van der Waals surface area contributed by atoms with E-state index in [1.165, 1.54) is 12.1 Å². The summed E-state index contributed by atoms with van der Waals surface area (Å²) in [7, 11) is 0. The average molecular weight is 195 g/mol. The molecule has 1 aliphatic rings. The third kappa shape index (κ3) is 1.28. The van der Waals surface area contributed by atoms with Crippen LogP contribution < -0.4 is 5.73 Å². The fraction of sp³-hybridized carbons (Fsp3) is 0.300. The van der Waals surface area contributed by atoms with Crippen LogP contribution in [0.15, 0.2) is 24.3 Å². The van der Waals surface area contributed by atoms with Gasteiger partial charge in [-0.05, 0) is 24.1 Å². The van der Waals surface area contributed by atoms with E-state index in [2.05, 4.69) is 0 Å². The van der Waals surface area contributed by atoms with E-state index < -0.39 is 11.5 Å². The van der Waals surface area contributed by atoms with Crippen molar-refractivity contribution in [2.24, 2.45) is 5.73 Å². The molecule has 74 valence electrons. The first-order chi connectivity index (χ1) is 6.54. The first-order valence-electron chi connectivity index (χ1n) is 4.32. The van der Waals surface area contributed by atoms with Gasteiger partial charge in [-0.2, -0.15) is 0 Å². The largest absolute Gasteiger partial charge is 0.480 e. The molecule has 0 heterocycles. The van der Waals surface area contributed by atoms with Gasteiger partial charge in [-0.1, -0.05) is 12.1 Å². The van der Waals surface area contributed by atoms with Crippen molar-refractivity contribution in [2.45, 2.75) is 17.9 Å². The van der Waals surface area contributed by atoms with Gasteiger partial charge in [-0.15, -0.1) is 0 Å². The lowest BCUT2D eigenvalue weighted by atomic mass is 10.1. The maximum Gasteiger partial charge on any atom is 0.324 e. The zero-order valence-electron chi connectivity index (χ0n) is 7.40. The number of rotatable bonds is 2. The third-order valence-electron chi connectivity index (χ3n) is 2.67. The van der Waals surface area contributed by atoms with Crippen LogP contribution in [-0.2, 0) is 4.79 Å². The molecule has 0 aromatic heterocycles. The molecule has 1 aromatic carbocycles. The highest BCUT2D eigenvalue weighted by molar-refractivity contribution is 5.84. The van der Waals surface area contributed by atoms with Crippen LogP contribution in [0, 0.1) is 5.82 Å². The summed E-state index contributed by atoms with van der Waals surface area (Å²) in [5, 5.41) is 8.80. The Bertz CT molecular complexity index is 376. The molecule has 0 spiro atoms. The fourth-order valence-corrected chi connectivity index (χ4v) is 1.63. The summed E-state index contributed by atoms with van der Waals surface area (Å²) in [6.07, 6.45) is 0.425. The molecule has 2 unspecified atom stereocenters. The third-order valence-corrected chi connectivity index (χ3v) is 2.67. The Balaban J connectivity index is 2.21. The summed E-state index contributed by atoms with van der Waals surface area (Å²) in [4.78, 5) is 10.7.